The average molecular weight is 648 g/mol. The molecule has 0 saturated carbocycles. The van der Waals surface area contributed by atoms with Gasteiger partial charge in [-0.2, -0.15) is 31.6 Å². The summed E-state index contributed by atoms with van der Waals surface area (Å²) in [6, 6.07) is 15.5. The van der Waals surface area contributed by atoms with Crippen molar-refractivity contribution in [1.82, 2.24) is 24.9 Å². The molecule has 236 valence electrons. The molecule has 4 aromatic rings. The first-order valence-corrected chi connectivity index (χ1v) is 14.8. The molecule has 0 bridgehead atoms. The van der Waals surface area contributed by atoms with Gasteiger partial charge in [0.2, 0.25) is 0 Å². The smallest absolute Gasteiger partial charge is 0.299 e. The fraction of sp³-hybridized carbons (Fsp3) is 0.367. The monoisotopic (exact) mass is 647 g/mol. The first-order chi connectivity index (χ1) is 21.3. The fourth-order valence-electron chi connectivity index (χ4n) is 5.13. The Labute approximate surface area is 258 Å². The number of nitriles is 1. The number of rotatable bonds is 10. The molecule has 1 unspecified atom stereocenters. The Balaban J connectivity index is 1.21. The predicted molar refractivity (Wildman–Crippen MR) is 155 cm³/mol. The van der Waals surface area contributed by atoms with E-state index in [0.29, 0.717) is 47.0 Å². The van der Waals surface area contributed by atoms with Gasteiger partial charge in [0.15, 0.2) is 5.13 Å². The number of carbonyl (C=O) groups is 1. The molecule has 1 amide bonds. The molecular formula is C30H27F6N7OS. The highest BCUT2D eigenvalue weighted by Gasteiger charge is 2.35. The number of hydrogen-bond donors (Lipinski definition) is 1. The molecule has 0 saturated heterocycles. The molecule has 15 heteroatoms. The summed E-state index contributed by atoms with van der Waals surface area (Å²) in [5.41, 5.74) is 3.83. The van der Waals surface area contributed by atoms with Crippen LogP contribution >= 0.6 is 11.3 Å². The fourth-order valence-corrected chi connectivity index (χ4v) is 6.21. The largest absolute Gasteiger partial charge is 0.390 e. The van der Waals surface area contributed by atoms with Crippen molar-refractivity contribution in [1.29, 1.82) is 5.26 Å². The highest BCUT2D eigenvalue weighted by Crippen LogP contribution is 2.33. The lowest BCUT2D eigenvalue weighted by Crippen LogP contribution is -2.42. The van der Waals surface area contributed by atoms with Gasteiger partial charge in [-0.15, -0.1) is 16.4 Å². The highest BCUT2D eigenvalue weighted by molar-refractivity contribution is 7.15. The lowest BCUT2D eigenvalue weighted by Gasteiger charge is -2.34. The maximum absolute atomic E-state index is 13.1. The molecule has 1 N–H and O–H groups in total. The first kappa shape index (κ1) is 32.1. The van der Waals surface area contributed by atoms with Gasteiger partial charge >= 0.3 is 12.4 Å². The normalized spacial score (nSPS) is 15.1. The number of anilines is 1. The number of nitrogens with one attached hydrogen (secondary N) is 1. The van der Waals surface area contributed by atoms with Crippen molar-refractivity contribution >= 4 is 22.4 Å². The van der Waals surface area contributed by atoms with E-state index in [0.717, 1.165) is 16.0 Å². The van der Waals surface area contributed by atoms with E-state index in [4.69, 9.17) is 5.26 Å². The van der Waals surface area contributed by atoms with E-state index >= 15 is 0 Å². The van der Waals surface area contributed by atoms with Crippen molar-refractivity contribution in [2.24, 2.45) is 0 Å². The van der Waals surface area contributed by atoms with Gasteiger partial charge in [-0.05, 0) is 49.1 Å². The lowest BCUT2D eigenvalue weighted by atomic mass is 9.96. The van der Waals surface area contributed by atoms with Crippen LogP contribution in [0.4, 0.5) is 31.5 Å². The molecule has 1 aliphatic rings. The second-order valence-corrected chi connectivity index (χ2v) is 11.8. The molecule has 0 spiro atoms. The van der Waals surface area contributed by atoms with Gasteiger partial charge < -0.3 is 0 Å². The second kappa shape index (κ2) is 13.4. The van der Waals surface area contributed by atoms with Gasteiger partial charge in [-0.25, -0.2) is 9.67 Å². The number of carbonyl (C=O) groups excluding carboxylic acids is 1. The number of nitrogens with zero attached hydrogens (tertiary/aromatic N) is 6. The van der Waals surface area contributed by atoms with Crippen LogP contribution < -0.4 is 5.32 Å². The molecular weight excluding hydrogens is 620 g/mol. The third-order valence-corrected chi connectivity index (χ3v) is 8.43. The first-order valence-electron chi connectivity index (χ1n) is 14.0. The van der Waals surface area contributed by atoms with Crippen LogP contribution in [0.3, 0.4) is 0 Å². The van der Waals surface area contributed by atoms with Gasteiger partial charge in [0.1, 0.15) is 5.69 Å². The van der Waals surface area contributed by atoms with Crippen molar-refractivity contribution in [3.8, 4) is 17.3 Å². The van der Waals surface area contributed by atoms with Crippen LogP contribution in [0.15, 0.2) is 54.7 Å². The van der Waals surface area contributed by atoms with Crippen LogP contribution in [0.25, 0.3) is 11.3 Å². The molecule has 5 rings (SSSR count). The van der Waals surface area contributed by atoms with Crippen LogP contribution in [0.2, 0.25) is 0 Å². The second-order valence-electron chi connectivity index (χ2n) is 10.7. The maximum Gasteiger partial charge on any atom is 0.390 e. The molecule has 2 aromatic carbocycles. The molecule has 45 heavy (non-hydrogen) atoms. The number of benzene rings is 2. The Hall–Kier alpha value is -4.29. The van der Waals surface area contributed by atoms with Gasteiger partial charge in [0.25, 0.3) is 5.91 Å². The van der Waals surface area contributed by atoms with Crippen LogP contribution in [-0.2, 0) is 19.4 Å². The Morgan fingerprint density at radius 3 is 2.44 bits per heavy atom. The number of amides is 1. The van der Waals surface area contributed by atoms with E-state index in [9.17, 15) is 31.1 Å². The number of aryl methyl sites for hydroxylation is 1. The molecule has 1 aliphatic carbocycles. The lowest BCUT2D eigenvalue weighted by molar-refractivity contribution is -0.148. The van der Waals surface area contributed by atoms with E-state index in [-0.39, 0.29) is 6.42 Å². The number of alkyl halides is 6. The Kier molecular flexibility index (Phi) is 9.54. The molecule has 2 aromatic heterocycles. The van der Waals surface area contributed by atoms with Crippen LogP contribution in [0, 0.1) is 11.3 Å². The Morgan fingerprint density at radius 2 is 1.78 bits per heavy atom. The number of aromatic nitrogens is 4. The van der Waals surface area contributed by atoms with Gasteiger partial charge in [0.05, 0.1) is 42.9 Å². The third-order valence-electron chi connectivity index (χ3n) is 7.40. The number of fused-ring (bicyclic) bond motifs is 1. The topological polar surface area (TPSA) is 99.7 Å². The molecule has 2 heterocycles. The summed E-state index contributed by atoms with van der Waals surface area (Å²) in [6.07, 6.45) is -8.54. The van der Waals surface area contributed by atoms with Gasteiger partial charge in [0, 0.05) is 35.1 Å². The molecule has 0 aliphatic heterocycles. The highest BCUT2D eigenvalue weighted by atomic mass is 32.1. The van der Waals surface area contributed by atoms with Crippen molar-refractivity contribution in [2.75, 3.05) is 18.4 Å². The summed E-state index contributed by atoms with van der Waals surface area (Å²) in [6.45, 7) is -0.677. The number of hydrogen-bond acceptors (Lipinski definition) is 7. The minimum atomic E-state index is -4.47. The van der Waals surface area contributed by atoms with Crippen LogP contribution in [0.1, 0.15) is 51.3 Å². The minimum absolute atomic E-state index is 0.260. The zero-order chi connectivity index (χ0) is 32.2. The molecule has 8 nitrogen and oxygen atoms in total. The van der Waals surface area contributed by atoms with Crippen molar-refractivity contribution in [2.45, 2.75) is 57.0 Å². The van der Waals surface area contributed by atoms with Crippen LogP contribution in [0.5, 0.6) is 0 Å². The summed E-state index contributed by atoms with van der Waals surface area (Å²) in [5.74, 6) is -0.409. The summed E-state index contributed by atoms with van der Waals surface area (Å²) >= 11 is 1.18. The SMILES string of the molecule is N#Cc1ccc(-c2cn(Cc3cccc(C(=O)Nc4nc5c(s4)CC(N(CCC(F)(F)F)CCC(F)(F)F)CC5)c3)nn2)cc1. The van der Waals surface area contributed by atoms with E-state index in [1.165, 1.54) is 16.2 Å². The Bertz CT molecular complexity index is 1660. The summed E-state index contributed by atoms with van der Waals surface area (Å²) in [5, 5.41) is 20.4. The third kappa shape index (κ3) is 8.89. The number of thiazole rings is 1. The molecule has 1 atom stereocenters. The Morgan fingerprint density at radius 1 is 1.07 bits per heavy atom. The minimum Gasteiger partial charge on any atom is -0.299 e. The standard InChI is InChI=1S/C30H27F6N7OS/c31-29(32,33)10-12-42(13-11-30(34,35)36)23-8-9-24-26(15-23)45-28(38-24)39-27(44)22-3-1-2-20(14-22)17-43-18-25(40-41-43)21-6-4-19(16-37)5-7-21/h1-7,14,18,23H,8-13,15,17H2,(H,38,39,44). The zero-order valence-corrected chi connectivity index (χ0v) is 24.5. The van der Waals surface area contributed by atoms with Crippen molar-refractivity contribution in [3.05, 3.63) is 82.0 Å². The predicted octanol–water partition coefficient (Wildman–Crippen LogP) is 6.64. The van der Waals surface area contributed by atoms with Crippen molar-refractivity contribution < 1.29 is 31.1 Å². The van der Waals surface area contributed by atoms with E-state index in [1.807, 2.05) is 6.07 Å². The summed E-state index contributed by atoms with van der Waals surface area (Å²) in [7, 11) is 0. The molecule has 0 radical (unpaired) electrons. The van der Waals surface area contributed by atoms with Gasteiger partial charge in [-0.3, -0.25) is 15.0 Å². The maximum atomic E-state index is 13.1. The number of halogens is 6. The van der Waals surface area contributed by atoms with Gasteiger partial charge in [-0.1, -0.05) is 29.5 Å². The molecule has 0 fully saturated rings. The van der Waals surface area contributed by atoms with E-state index < -0.39 is 50.2 Å². The van der Waals surface area contributed by atoms with E-state index in [2.05, 4.69) is 26.7 Å². The van der Waals surface area contributed by atoms with Crippen LogP contribution in [-0.4, -0.2) is 62.3 Å². The van der Waals surface area contributed by atoms with E-state index in [1.54, 1.807) is 53.3 Å². The van der Waals surface area contributed by atoms with Crippen molar-refractivity contribution in [3.63, 3.8) is 0 Å². The quantitative estimate of drug-likeness (QED) is 0.194. The zero-order valence-electron chi connectivity index (χ0n) is 23.7. The summed E-state index contributed by atoms with van der Waals surface area (Å²) in [4.78, 5) is 19.6. The average Bonchev–Trinajstić information content (AvgIpc) is 3.62. The summed E-state index contributed by atoms with van der Waals surface area (Å²) < 4.78 is 78.8.